The van der Waals surface area contributed by atoms with Gasteiger partial charge in [0, 0.05) is 30.1 Å². The summed E-state index contributed by atoms with van der Waals surface area (Å²) in [5.41, 5.74) is 2.09. The topological polar surface area (TPSA) is 63.4 Å². The van der Waals surface area contributed by atoms with Gasteiger partial charge in [0.1, 0.15) is 5.76 Å². The fourth-order valence-electron chi connectivity index (χ4n) is 3.83. The summed E-state index contributed by atoms with van der Waals surface area (Å²) < 4.78 is 5.76. The Morgan fingerprint density at radius 3 is 2.45 bits per heavy atom. The highest BCUT2D eigenvalue weighted by Crippen LogP contribution is 2.28. The lowest BCUT2D eigenvalue weighted by molar-refractivity contribution is -0.131. The molecule has 1 aliphatic rings. The minimum atomic E-state index is -0.125. The molecule has 0 bridgehead atoms. The maximum atomic E-state index is 12.8. The van der Waals surface area contributed by atoms with Crippen molar-refractivity contribution in [2.24, 2.45) is 5.92 Å². The van der Waals surface area contributed by atoms with Crippen LogP contribution in [0.15, 0.2) is 52.9 Å². The number of piperidine rings is 1. The van der Waals surface area contributed by atoms with Crippen molar-refractivity contribution in [1.82, 2.24) is 9.88 Å². The number of Topliss-reactive ketones (excluding diaryl/α,β-unsaturated/α-hetero) is 1. The lowest BCUT2D eigenvalue weighted by Crippen LogP contribution is -2.41. The number of hydrogen-bond donors (Lipinski definition) is 0. The Labute approximate surface area is 191 Å². The van der Waals surface area contributed by atoms with Crippen LogP contribution in [0.1, 0.15) is 34.7 Å². The fourth-order valence-corrected chi connectivity index (χ4v) is 4.13. The molecule has 5 nitrogen and oxygen atoms in total. The van der Waals surface area contributed by atoms with Crippen LogP contribution in [-0.2, 0) is 11.2 Å². The zero-order valence-corrected chi connectivity index (χ0v) is 18.6. The smallest absolute Gasteiger partial charge is 0.228 e. The van der Waals surface area contributed by atoms with E-state index in [0.29, 0.717) is 58.9 Å². The van der Waals surface area contributed by atoms with E-state index < -0.39 is 0 Å². The van der Waals surface area contributed by atoms with Crippen molar-refractivity contribution in [3.8, 4) is 11.5 Å². The summed E-state index contributed by atoms with van der Waals surface area (Å²) in [6, 6.07) is 14.6. The molecule has 2 heterocycles. The van der Waals surface area contributed by atoms with Gasteiger partial charge in [-0.15, -0.1) is 0 Å². The van der Waals surface area contributed by atoms with Crippen LogP contribution in [0, 0.1) is 12.8 Å². The van der Waals surface area contributed by atoms with Gasteiger partial charge in [-0.1, -0.05) is 41.4 Å². The molecule has 2 aromatic carbocycles. The van der Waals surface area contributed by atoms with Crippen LogP contribution in [0.5, 0.6) is 0 Å². The highest BCUT2D eigenvalue weighted by molar-refractivity contribution is 6.42. The maximum absolute atomic E-state index is 12.8. The molecule has 1 aliphatic heterocycles. The third-order valence-electron chi connectivity index (χ3n) is 5.65. The molecule has 0 N–H and O–H groups in total. The quantitative estimate of drug-likeness (QED) is 0.467. The highest BCUT2D eigenvalue weighted by Gasteiger charge is 2.29. The SMILES string of the molecule is Cc1oc(-c2ccccc2)nc1CC(=O)N1CCC(C(=O)c2ccc(Cl)c(Cl)c2)CC1. The second-order valence-corrected chi connectivity index (χ2v) is 8.53. The Morgan fingerprint density at radius 1 is 1.06 bits per heavy atom. The summed E-state index contributed by atoms with van der Waals surface area (Å²) in [6.45, 7) is 2.90. The van der Waals surface area contributed by atoms with Crippen molar-refractivity contribution in [2.75, 3.05) is 13.1 Å². The number of rotatable bonds is 5. The number of benzene rings is 2. The molecule has 0 radical (unpaired) electrons. The molecule has 1 aromatic heterocycles. The number of carbonyl (C=O) groups is 2. The second-order valence-electron chi connectivity index (χ2n) is 7.71. The number of amides is 1. The average Bonchev–Trinajstić information content (AvgIpc) is 3.16. The normalized spacial score (nSPS) is 14.6. The van der Waals surface area contributed by atoms with Crippen molar-refractivity contribution in [2.45, 2.75) is 26.2 Å². The molecule has 0 spiro atoms. The molecular formula is C24H22Cl2N2O3. The van der Waals surface area contributed by atoms with E-state index in [1.54, 1.807) is 23.1 Å². The van der Waals surface area contributed by atoms with Crippen LogP contribution in [0.25, 0.3) is 11.5 Å². The molecule has 0 unspecified atom stereocenters. The predicted octanol–water partition coefficient (Wildman–Crippen LogP) is 5.62. The van der Waals surface area contributed by atoms with Crippen molar-refractivity contribution < 1.29 is 14.0 Å². The fraction of sp³-hybridized carbons (Fsp3) is 0.292. The summed E-state index contributed by atoms with van der Waals surface area (Å²) >= 11 is 12.0. The van der Waals surface area contributed by atoms with Crippen molar-refractivity contribution >= 4 is 34.9 Å². The molecule has 0 aliphatic carbocycles. The molecular weight excluding hydrogens is 435 g/mol. The Bertz CT molecular complexity index is 1100. The number of aryl methyl sites for hydroxylation is 1. The molecule has 1 amide bonds. The number of aromatic nitrogens is 1. The van der Waals surface area contributed by atoms with E-state index in [4.69, 9.17) is 27.6 Å². The third-order valence-corrected chi connectivity index (χ3v) is 6.39. The first-order chi connectivity index (χ1) is 14.9. The summed E-state index contributed by atoms with van der Waals surface area (Å²) in [5.74, 6) is 1.09. The first kappa shape index (κ1) is 21.6. The van der Waals surface area contributed by atoms with E-state index in [9.17, 15) is 9.59 Å². The van der Waals surface area contributed by atoms with E-state index in [1.165, 1.54) is 0 Å². The number of hydrogen-bond acceptors (Lipinski definition) is 4. The van der Waals surface area contributed by atoms with E-state index >= 15 is 0 Å². The number of halogens is 2. The monoisotopic (exact) mass is 456 g/mol. The lowest BCUT2D eigenvalue weighted by atomic mass is 9.89. The predicted molar refractivity (Wildman–Crippen MR) is 120 cm³/mol. The number of likely N-dealkylation sites (tertiary alicyclic amines) is 1. The lowest BCUT2D eigenvalue weighted by Gasteiger charge is -2.31. The standard InChI is InChI=1S/C24H22Cl2N2O3/c1-15-21(27-24(31-15)17-5-3-2-4-6-17)14-22(29)28-11-9-16(10-12-28)23(30)18-7-8-19(25)20(26)13-18/h2-8,13,16H,9-12,14H2,1H3. The van der Waals surface area contributed by atoms with Gasteiger partial charge in [-0.25, -0.2) is 4.98 Å². The molecule has 0 saturated carbocycles. The van der Waals surface area contributed by atoms with Crippen LogP contribution in [0.3, 0.4) is 0 Å². The average molecular weight is 457 g/mol. The first-order valence-corrected chi connectivity index (χ1v) is 11.0. The van der Waals surface area contributed by atoms with E-state index in [1.807, 2.05) is 37.3 Å². The van der Waals surface area contributed by atoms with Crippen molar-refractivity contribution in [3.63, 3.8) is 0 Å². The van der Waals surface area contributed by atoms with E-state index in [2.05, 4.69) is 4.98 Å². The van der Waals surface area contributed by atoms with Crippen LogP contribution >= 0.6 is 23.2 Å². The van der Waals surface area contributed by atoms with Gasteiger partial charge >= 0.3 is 0 Å². The number of oxazole rings is 1. The van der Waals surface area contributed by atoms with Gasteiger partial charge in [0.25, 0.3) is 0 Å². The van der Waals surface area contributed by atoms with Crippen LogP contribution in [0.4, 0.5) is 0 Å². The minimum absolute atomic E-state index is 0.00329. The molecule has 1 saturated heterocycles. The summed E-state index contributed by atoms with van der Waals surface area (Å²) in [6.07, 6.45) is 1.43. The molecule has 1 fully saturated rings. The third kappa shape index (κ3) is 4.83. The van der Waals surface area contributed by atoms with E-state index in [-0.39, 0.29) is 24.0 Å². The second kappa shape index (κ2) is 9.25. The van der Waals surface area contributed by atoms with Gasteiger partial charge in [-0.2, -0.15) is 0 Å². The van der Waals surface area contributed by atoms with Gasteiger partial charge in [0.2, 0.25) is 11.8 Å². The Morgan fingerprint density at radius 2 is 1.77 bits per heavy atom. The zero-order chi connectivity index (χ0) is 22.0. The van der Waals surface area contributed by atoms with Gasteiger partial charge in [0.05, 0.1) is 22.2 Å². The summed E-state index contributed by atoms with van der Waals surface area (Å²) in [5, 5.41) is 0.801. The summed E-state index contributed by atoms with van der Waals surface area (Å²) in [7, 11) is 0. The van der Waals surface area contributed by atoms with Crippen LogP contribution in [0.2, 0.25) is 10.0 Å². The Kier molecular flexibility index (Phi) is 6.44. The van der Waals surface area contributed by atoms with Gasteiger partial charge < -0.3 is 9.32 Å². The van der Waals surface area contributed by atoms with Crippen LogP contribution < -0.4 is 0 Å². The largest absolute Gasteiger partial charge is 0.441 e. The number of carbonyl (C=O) groups excluding carboxylic acids is 2. The summed E-state index contributed by atoms with van der Waals surface area (Å²) in [4.78, 5) is 31.9. The Balaban J connectivity index is 1.36. The minimum Gasteiger partial charge on any atom is -0.441 e. The molecule has 0 atom stereocenters. The maximum Gasteiger partial charge on any atom is 0.228 e. The van der Waals surface area contributed by atoms with Crippen molar-refractivity contribution in [1.29, 1.82) is 0 Å². The highest BCUT2D eigenvalue weighted by atomic mass is 35.5. The number of nitrogens with zero attached hydrogens (tertiary/aromatic N) is 2. The van der Waals surface area contributed by atoms with Gasteiger partial charge in [-0.05, 0) is 50.1 Å². The molecule has 4 rings (SSSR count). The zero-order valence-electron chi connectivity index (χ0n) is 17.1. The molecule has 160 valence electrons. The molecule has 3 aromatic rings. The number of ketones is 1. The molecule has 7 heteroatoms. The van der Waals surface area contributed by atoms with Gasteiger partial charge in [0.15, 0.2) is 5.78 Å². The van der Waals surface area contributed by atoms with Gasteiger partial charge in [-0.3, -0.25) is 9.59 Å². The van der Waals surface area contributed by atoms with E-state index in [0.717, 1.165) is 5.56 Å². The molecule has 31 heavy (non-hydrogen) atoms. The van der Waals surface area contributed by atoms with Crippen molar-refractivity contribution in [3.05, 3.63) is 75.6 Å². The Hall–Kier alpha value is -2.63. The van der Waals surface area contributed by atoms with Crippen LogP contribution in [-0.4, -0.2) is 34.7 Å². The first-order valence-electron chi connectivity index (χ1n) is 10.2.